The Kier molecular flexibility index (Phi) is 5.16. The number of rotatable bonds is 4. The van der Waals surface area contributed by atoms with E-state index in [1.54, 1.807) is 6.07 Å². The van der Waals surface area contributed by atoms with Gasteiger partial charge in [-0.15, -0.1) is 0 Å². The van der Waals surface area contributed by atoms with E-state index in [2.05, 4.69) is 21.2 Å². The summed E-state index contributed by atoms with van der Waals surface area (Å²) >= 11 is 9.01. The van der Waals surface area contributed by atoms with Crippen molar-refractivity contribution in [1.82, 2.24) is 0 Å². The molecule has 1 aromatic rings. The van der Waals surface area contributed by atoms with E-state index in [-0.39, 0.29) is 27.2 Å². The van der Waals surface area contributed by atoms with E-state index in [0.29, 0.717) is 5.69 Å². The van der Waals surface area contributed by atoms with Crippen molar-refractivity contribution < 1.29 is 14.7 Å². The summed E-state index contributed by atoms with van der Waals surface area (Å²) < 4.78 is 0. The van der Waals surface area contributed by atoms with Gasteiger partial charge in [-0.1, -0.05) is 41.4 Å². The first-order chi connectivity index (χ1) is 8.32. The molecule has 2 N–H and O–H groups in total. The second-order valence-electron chi connectivity index (χ2n) is 4.13. The van der Waals surface area contributed by atoms with Crippen LogP contribution in [0.5, 0.6) is 0 Å². The number of benzene rings is 1. The summed E-state index contributed by atoms with van der Waals surface area (Å²) in [7, 11) is 0. The van der Waals surface area contributed by atoms with Crippen LogP contribution in [0.25, 0.3) is 0 Å². The van der Waals surface area contributed by atoms with Gasteiger partial charge in [-0.3, -0.25) is 4.79 Å². The van der Waals surface area contributed by atoms with Crippen molar-refractivity contribution >= 4 is 45.1 Å². The first-order valence-electron chi connectivity index (χ1n) is 5.30. The van der Waals surface area contributed by atoms with Gasteiger partial charge in [0.05, 0.1) is 15.4 Å². The van der Waals surface area contributed by atoms with Crippen LogP contribution in [0.4, 0.5) is 5.69 Å². The summed E-state index contributed by atoms with van der Waals surface area (Å²) in [5, 5.41) is 11.7. The van der Waals surface area contributed by atoms with Gasteiger partial charge in [0, 0.05) is 5.69 Å². The summed E-state index contributed by atoms with van der Waals surface area (Å²) in [6, 6.07) is 4.34. The predicted octanol–water partition coefficient (Wildman–Crippen LogP) is 3.40. The van der Waals surface area contributed by atoms with Crippen molar-refractivity contribution in [2.45, 2.75) is 18.7 Å². The standard InChI is InChI=1S/C12H13BrClNO3/c1-6(2)10(13)11(16)15-7-3-4-9(14)8(5-7)12(17)18/h3-6,10H,1-2H3,(H,15,16)(H,17,18). The quantitative estimate of drug-likeness (QED) is 0.829. The van der Waals surface area contributed by atoms with Crippen LogP contribution in [-0.2, 0) is 4.79 Å². The van der Waals surface area contributed by atoms with E-state index in [4.69, 9.17) is 16.7 Å². The fraction of sp³-hybridized carbons (Fsp3) is 0.333. The fourth-order valence-electron chi connectivity index (χ4n) is 1.28. The van der Waals surface area contributed by atoms with E-state index < -0.39 is 5.97 Å². The van der Waals surface area contributed by atoms with Crippen LogP contribution in [-0.4, -0.2) is 21.8 Å². The molecule has 1 rings (SSSR count). The van der Waals surface area contributed by atoms with Crippen LogP contribution in [0, 0.1) is 5.92 Å². The number of amides is 1. The molecule has 1 unspecified atom stereocenters. The lowest BCUT2D eigenvalue weighted by Gasteiger charge is -2.14. The average Bonchev–Trinajstić information content (AvgIpc) is 2.29. The molecule has 0 saturated carbocycles. The van der Waals surface area contributed by atoms with Crippen molar-refractivity contribution in [3.63, 3.8) is 0 Å². The maximum atomic E-state index is 11.8. The molecule has 98 valence electrons. The Labute approximate surface area is 118 Å². The number of halogens is 2. The van der Waals surface area contributed by atoms with E-state index in [0.717, 1.165) is 0 Å². The molecule has 1 amide bonds. The highest BCUT2D eigenvalue weighted by molar-refractivity contribution is 9.10. The number of hydrogen-bond acceptors (Lipinski definition) is 2. The van der Waals surface area contributed by atoms with Gasteiger partial charge in [0.2, 0.25) is 5.91 Å². The minimum absolute atomic E-state index is 0.0369. The van der Waals surface area contributed by atoms with E-state index in [9.17, 15) is 9.59 Å². The maximum absolute atomic E-state index is 11.8. The molecule has 0 heterocycles. The molecule has 0 radical (unpaired) electrons. The molecule has 6 heteroatoms. The molecule has 1 atom stereocenters. The molecule has 0 fully saturated rings. The van der Waals surface area contributed by atoms with Crippen molar-refractivity contribution in [2.75, 3.05) is 5.32 Å². The molecule has 0 aromatic heterocycles. The summed E-state index contributed by atoms with van der Waals surface area (Å²) in [5.74, 6) is -1.21. The molecule has 0 aliphatic heterocycles. The number of carboxylic acid groups (broad SMARTS) is 1. The zero-order chi connectivity index (χ0) is 13.9. The van der Waals surface area contributed by atoms with Crippen molar-refractivity contribution in [2.24, 2.45) is 5.92 Å². The Bertz CT molecular complexity index is 476. The van der Waals surface area contributed by atoms with Crippen molar-refractivity contribution in [1.29, 1.82) is 0 Å². The van der Waals surface area contributed by atoms with Crippen molar-refractivity contribution in [3.05, 3.63) is 28.8 Å². The van der Waals surface area contributed by atoms with Crippen LogP contribution >= 0.6 is 27.5 Å². The lowest BCUT2D eigenvalue weighted by molar-refractivity contribution is -0.116. The molecule has 4 nitrogen and oxygen atoms in total. The number of nitrogens with one attached hydrogen (secondary N) is 1. The summed E-state index contributed by atoms with van der Waals surface area (Å²) in [5.41, 5.74) is 0.372. The molecule has 0 saturated heterocycles. The summed E-state index contributed by atoms with van der Waals surface area (Å²) in [6.07, 6.45) is 0. The second-order valence-corrected chi connectivity index (χ2v) is 5.53. The van der Waals surface area contributed by atoms with Gasteiger partial charge < -0.3 is 10.4 Å². The fourth-order valence-corrected chi connectivity index (χ4v) is 1.59. The molecule has 0 aliphatic rings. The molecule has 1 aromatic carbocycles. The summed E-state index contributed by atoms with van der Waals surface area (Å²) in [4.78, 5) is 22.3. The highest BCUT2D eigenvalue weighted by Gasteiger charge is 2.19. The molecular weight excluding hydrogens is 321 g/mol. The Morgan fingerprint density at radius 3 is 2.50 bits per heavy atom. The highest BCUT2D eigenvalue weighted by Crippen LogP contribution is 2.22. The Hall–Kier alpha value is -1.07. The number of carboxylic acids is 1. The number of hydrogen-bond donors (Lipinski definition) is 2. The second kappa shape index (κ2) is 6.20. The number of carbonyl (C=O) groups is 2. The Morgan fingerprint density at radius 1 is 1.39 bits per heavy atom. The lowest BCUT2D eigenvalue weighted by atomic mass is 10.1. The predicted molar refractivity (Wildman–Crippen MR) is 74.6 cm³/mol. The highest BCUT2D eigenvalue weighted by atomic mass is 79.9. The summed E-state index contributed by atoms with van der Waals surface area (Å²) in [6.45, 7) is 3.81. The van der Waals surface area contributed by atoms with Gasteiger partial charge in [0.25, 0.3) is 0 Å². The van der Waals surface area contributed by atoms with Gasteiger partial charge in [0.1, 0.15) is 0 Å². The third-order valence-electron chi connectivity index (χ3n) is 2.30. The lowest BCUT2D eigenvalue weighted by Crippen LogP contribution is -2.27. The molecule has 0 aliphatic carbocycles. The first-order valence-corrected chi connectivity index (χ1v) is 6.60. The van der Waals surface area contributed by atoms with Gasteiger partial charge in [-0.05, 0) is 24.1 Å². The van der Waals surface area contributed by atoms with Crippen molar-refractivity contribution in [3.8, 4) is 0 Å². The Morgan fingerprint density at radius 2 is 2.00 bits per heavy atom. The minimum Gasteiger partial charge on any atom is -0.478 e. The van der Waals surface area contributed by atoms with Crippen LogP contribution in [0.2, 0.25) is 5.02 Å². The maximum Gasteiger partial charge on any atom is 0.337 e. The molecule has 0 spiro atoms. The third kappa shape index (κ3) is 3.71. The number of aromatic carboxylic acids is 1. The SMILES string of the molecule is CC(C)C(Br)C(=O)Nc1ccc(Cl)c(C(=O)O)c1. The van der Waals surface area contributed by atoms with Crippen LogP contribution < -0.4 is 5.32 Å². The zero-order valence-corrected chi connectivity index (χ0v) is 12.2. The number of anilines is 1. The van der Waals surface area contributed by atoms with Crippen LogP contribution in [0.3, 0.4) is 0 Å². The average molecular weight is 335 g/mol. The monoisotopic (exact) mass is 333 g/mol. The number of carbonyl (C=O) groups excluding carboxylic acids is 1. The zero-order valence-electron chi connectivity index (χ0n) is 9.91. The normalized spacial score (nSPS) is 12.3. The third-order valence-corrected chi connectivity index (χ3v) is 4.10. The van der Waals surface area contributed by atoms with Gasteiger partial charge >= 0.3 is 5.97 Å². The minimum atomic E-state index is -1.13. The topological polar surface area (TPSA) is 66.4 Å². The van der Waals surface area contributed by atoms with Crippen LogP contribution in [0.15, 0.2) is 18.2 Å². The van der Waals surface area contributed by atoms with Gasteiger partial charge in [-0.2, -0.15) is 0 Å². The van der Waals surface area contributed by atoms with Crippen LogP contribution in [0.1, 0.15) is 24.2 Å². The molecular formula is C12H13BrClNO3. The van der Waals surface area contributed by atoms with Gasteiger partial charge in [-0.25, -0.2) is 4.79 Å². The van der Waals surface area contributed by atoms with E-state index in [1.165, 1.54) is 12.1 Å². The smallest absolute Gasteiger partial charge is 0.337 e. The largest absolute Gasteiger partial charge is 0.478 e. The Balaban J connectivity index is 2.89. The number of alkyl halides is 1. The molecule has 18 heavy (non-hydrogen) atoms. The molecule has 0 bridgehead atoms. The van der Waals surface area contributed by atoms with E-state index >= 15 is 0 Å². The van der Waals surface area contributed by atoms with Gasteiger partial charge in [0.15, 0.2) is 0 Å². The first kappa shape index (κ1) is 15.0. The van der Waals surface area contributed by atoms with E-state index in [1.807, 2.05) is 13.8 Å².